The van der Waals surface area contributed by atoms with Crippen LogP contribution in [0.4, 0.5) is 0 Å². The van der Waals surface area contributed by atoms with Gasteiger partial charge in [-0.2, -0.15) is 0 Å². The quantitative estimate of drug-likeness (QED) is 0.910. The zero-order chi connectivity index (χ0) is 14.5. The van der Waals surface area contributed by atoms with Gasteiger partial charge in [-0.15, -0.1) is 0 Å². The van der Waals surface area contributed by atoms with Gasteiger partial charge in [0.2, 0.25) is 0 Å². The summed E-state index contributed by atoms with van der Waals surface area (Å²) in [6, 6.07) is 10.3. The van der Waals surface area contributed by atoms with Crippen LogP contribution < -0.4 is 5.32 Å². The van der Waals surface area contributed by atoms with Crippen LogP contribution in [0.3, 0.4) is 0 Å². The van der Waals surface area contributed by atoms with E-state index in [2.05, 4.69) is 10.3 Å². The van der Waals surface area contributed by atoms with E-state index in [1.807, 2.05) is 19.1 Å². The van der Waals surface area contributed by atoms with E-state index >= 15 is 0 Å². The number of halogens is 1. The van der Waals surface area contributed by atoms with E-state index in [9.17, 15) is 9.90 Å². The molecule has 104 valence electrons. The molecule has 0 saturated heterocycles. The van der Waals surface area contributed by atoms with Crippen LogP contribution in [0.1, 0.15) is 30.2 Å². The van der Waals surface area contributed by atoms with Crippen LogP contribution in [0.25, 0.3) is 0 Å². The van der Waals surface area contributed by atoms with Crippen LogP contribution >= 0.6 is 11.6 Å². The maximum atomic E-state index is 12.0. The molecule has 0 fully saturated rings. The maximum Gasteiger partial charge on any atom is 0.254 e. The average Bonchev–Trinajstić information content (AvgIpc) is 2.48. The summed E-state index contributed by atoms with van der Waals surface area (Å²) < 4.78 is 0. The molecule has 1 amide bonds. The average molecular weight is 291 g/mol. The summed E-state index contributed by atoms with van der Waals surface area (Å²) in [6.45, 7) is 1.84. The number of pyridine rings is 1. The van der Waals surface area contributed by atoms with E-state index in [4.69, 9.17) is 11.6 Å². The van der Waals surface area contributed by atoms with Crippen molar-refractivity contribution in [2.75, 3.05) is 0 Å². The minimum absolute atomic E-state index is 0.217. The van der Waals surface area contributed by atoms with Crippen molar-refractivity contribution in [2.45, 2.75) is 19.1 Å². The minimum Gasteiger partial charge on any atom is -0.378 e. The molecule has 0 aliphatic heterocycles. The lowest BCUT2D eigenvalue weighted by Gasteiger charge is -2.17. The molecule has 1 aromatic heterocycles. The van der Waals surface area contributed by atoms with Crippen LogP contribution in [0.2, 0.25) is 5.02 Å². The fourth-order valence-corrected chi connectivity index (χ4v) is 1.94. The SMILES string of the molecule is C[C@@H](NC(=O)[C@H](O)c1cccnc1)c1ccc(Cl)cc1. The molecule has 20 heavy (non-hydrogen) atoms. The third-order valence-corrected chi connectivity index (χ3v) is 3.23. The van der Waals surface area contributed by atoms with Crippen molar-refractivity contribution >= 4 is 17.5 Å². The highest BCUT2D eigenvalue weighted by atomic mass is 35.5. The molecule has 0 bridgehead atoms. The molecule has 0 saturated carbocycles. The predicted octanol–water partition coefficient (Wildman–Crippen LogP) is 2.65. The fourth-order valence-electron chi connectivity index (χ4n) is 1.82. The number of carbonyl (C=O) groups excluding carboxylic acids is 1. The van der Waals surface area contributed by atoms with Gasteiger partial charge in [-0.25, -0.2) is 0 Å². The molecule has 2 aromatic rings. The molecule has 2 N–H and O–H groups in total. The summed E-state index contributed by atoms with van der Waals surface area (Å²) in [7, 11) is 0. The Morgan fingerprint density at radius 3 is 2.55 bits per heavy atom. The third-order valence-electron chi connectivity index (χ3n) is 2.98. The van der Waals surface area contributed by atoms with Crippen LogP contribution in [0.15, 0.2) is 48.8 Å². The van der Waals surface area contributed by atoms with Crippen LogP contribution in [0.5, 0.6) is 0 Å². The smallest absolute Gasteiger partial charge is 0.254 e. The Labute approximate surface area is 122 Å². The molecule has 0 unspecified atom stereocenters. The molecule has 0 radical (unpaired) electrons. The van der Waals surface area contributed by atoms with Crippen molar-refractivity contribution in [2.24, 2.45) is 0 Å². The van der Waals surface area contributed by atoms with E-state index in [1.54, 1.807) is 30.5 Å². The van der Waals surface area contributed by atoms with Gasteiger partial charge in [0.1, 0.15) is 0 Å². The number of nitrogens with zero attached hydrogens (tertiary/aromatic N) is 1. The molecule has 4 nitrogen and oxygen atoms in total. The molecule has 5 heteroatoms. The van der Waals surface area contributed by atoms with Crippen LogP contribution in [0, 0.1) is 0 Å². The lowest BCUT2D eigenvalue weighted by atomic mass is 10.1. The first-order valence-electron chi connectivity index (χ1n) is 6.22. The zero-order valence-electron chi connectivity index (χ0n) is 11.0. The van der Waals surface area contributed by atoms with Crippen molar-refractivity contribution in [3.8, 4) is 0 Å². The zero-order valence-corrected chi connectivity index (χ0v) is 11.7. The summed E-state index contributed by atoms with van der Waals surface area (Å²) in [5.41, 5.74) is 1.38. The number of hydrogen-bond acceptors (Lipinski definition) is 3. The van der Waals surface area contributed by atoms with Gasteiger partial charge in [0.25, 0.3) is 5.91 Å². The Kier molecular flexibility index (Phi) is 4.71. The predicted molar refractivity (Wildman–Crippen MR) is 77.2 cm³/mol. The Morgan fingerprint density at radius 2 is 1.95 bits per heavy atom. The molecule has 1 heterocycles. The molecule has 2 rings (SSSR count). The highest BCUT2D eigenvalue weighted by Crippen LogP contribution is 2.18. The number of nitrogens with one attached hydrogen (secondary N) is 1. The number of amides is 1. The molecular formula is C15H15ClN2O2. The van der Waals surface area contributed by atoms with Gasteiger partial charge in [0.05, 0.1) is 6.04 Å². The Bertz CT molecular complexity index is 572. The number of aliphatic hydroxyl groups is 1. The lowest BCUT2D eigenvalue weighted by Crippen LogP contribution is -2.31. The minimum atomic E-state index is -1.22. The number of benzene rings is 1. The normalized spacial score (nSPS) is 13.6. The lowest BCUT2D eigenvalue weighted by molar-refractivity contribution is -0.130. The van der Waals surface area contributed by atoms with Gasteiger partial charge >= 0.3 is 0 Å². The first-order valence-corrected chi connectivity index (χ1v) is 6.59. The van der Waals surface area contributed by atoms with Gasteiger partial charge < -0.3 is 10.4 Å². The van der Waals surface area contributed by atoms with Crippen LogP contribution in [-0.2, 0) is 4.79 Å². The number of aliphatic hydroxyl groups excluding tert-OH is 1. The molecule has 2 atom stereocenters. The Hall–Kier alpha value is -1.91. The fraction of sp³-hybridized carbons (Fsp3) is 0.200. The van der Waals surface area contributed by atoms with Crippen molar-refractivity contribution in [1.29, 1.82) is 0 Å². The van der Waals surface area contributed by atoms with Crippen molar-refractivity contribution in [3.05, 3.63) is 64.9 Å². The van der Waals surface area contributed by atoms with Crippen molar-refractivity contribution < 1.29 is 9.90 Å². The summed E-state index contributed by atoms with van der Waals surface area (Å²) >= 11 is 5.82. The van der Waals surface area contributed by atoms with Gasteiger partial charge in [0.15, 0.2) is 6.10 Å². The first-order chi connectivity index (χ1) is 9.58. The molecular weight excluding hydrogens is 276 g/mol. The third kappa shape index (κ3) is 3.56. The van der Waals surface area contributed by atoms with E-state index in [-0.39, 0.29) is 6.04 Å². The van der Waals surface area contributed by atoms with Gasteiger partial charge in [-0.1, -0.05) is 29.8 Å². The Balaban J connectivity index is 2.02. The molecule has 0 aliphatic rings. The van der Waals surface area contributed by atoms with Gasteiger partial charge in [-0.05, 0) is 30.7 Å². The summed E-state index contributed by atoms with van der Waals surface area (Å²) in [6.07, 6.45) is 1.83. The van der Waals surface area contributed by atoms with E-state index < -0.39 is 12.0 Å². The second-order valence-corrected chi connectivity index (χ2v) is 4.91. The molecule has 0 spiro atoms. The topological polar surface area (TPSA) is 62.2 Å². The standard InChI is InChI=1S/C15H15ClN2O2/c1-10(11-4-6-13(16)7-5-11)18-15(20)14(19)12-3-2-8-17-9-12/h2-10,14,19H,1H3,(H,18,20)/t10-,14-/m1/s1. The number of hydrogen-bond donors (Lipinski definition) is 2. The van der Waals surface area contributed by atoms with Gasteiger partial charge in [-0.3, -0.25) is 9.78 Å². The van der Waals surface area contributed by atoms with Crippen molar-refractivity contribution in [3.63, 3.8) is 0 Å². The first kappa shape index (κ1) is 14.5. The van der Waals surface area contributed by atoms with E-state index in [0.29, 0.717) is 10.6 Å². The number of carbonyl (C=O) groups is 1. The second kappa shape index (κ2) is 6.50. The highest BCUT2D eigenvalue weighted by molar-refractivity contribution is 6.30. The Morgan fingerprint density at radius 1 is 1.25 bits per heavy atom. The van der Waals surface area contributed by atoms with E-state index in [1.165, 1.54) is 6.20 Å². The maximum absolute atomic E-state index is 12.0. The monoisotopic (exact) mass is 290 g/mol. The summed E-state index contributed by atoms with van der Waals surface area (Å²) in [4.78, 5) is 15.9. The number of rotatable bonds is 4. The molecule has 1 aromatic carbocycles. The largest absolute Gasteiger partial charge is 0.378 e. The number of aromatic nitrogens is 1. The molecule has 0 aliphatic carbocycles. The van der Waals surface area contributed by atoms with Gasteiger partial charge in [0, 0.05) is 23.0 Å². The van der Waals surface area contributed by atoms with Crippen LogP contribution in [-0.4, -0.2) is 16.0 Å². The summed E-state index contributed by atoms with van der Waals surface area (Å²) in [5, 5.41) is 13.4. The highest BCUT2D eigenvalue weighted by Gasteiger charge is 2.19. The second-order valence-electron chi connectivity index (χ2n) is 4.47. The van der Waals surface area contributed by atoms with Crippen molar-refractivity contribution in [1.82, 2.24) is 10.3 Å². The summed E-state index contributed by atoms with van der Waals surface area (Å²) in [5.74, 6) is -0.458. The van der Waals surface area contributed by atoms with E-state index in [0.717, 1.165) is 5.56 Å².